The fourth-order valence-electron chi connectivity index (χ4n) is 3.32. The lowest BCUT2D eigenvalue weighted by Gasteiger charge is -2.12. The van der Waals surface area contributed by atoms with E-state index >= 15 is 0 Å². The standard InChI is InChI=1S/C27H23Cl2N3O3/c1-16-5-4-6-21(10-16)31-27(34)20(14-30)11-19-12-22(28)26(23(29)13-19)35-15-25(33)32-24-8-7-17(2)9-18(24)3/h4-13H,15H2,1-3H3,(H,31,34)(H,32,33)/b20-11+. The van der Waals surface area contributed by atoms with Crippen molar-refractivity contribution in [2.75, 3.05) is 17.2 Å². The van der Waals surface area contributed by atoms with Crippen LogP contribution in [0, 0.1) is 32.1 Å². The Bertz CT molecular complexity index is 1340. The summed E-state index contributed by atoms with van der Waals surface area (Å²) in [5, 5.41) is 15.2. The van der Waals surface area contributed by atoms with Crippen molar-refractivity contribution in [1.29, 1.82) is 5.26 Å². The third-order valence-corrected chi connectivity index (χ3v) is 5.54. The van der Waals surface area contributed by atoms with Crippen molar-refractivity contribution in [3.05, 3.63) is 92.5 Å². The minimum Gasteiger partial charge on any atom is -0.481 e. The maximum atomic E-state index is 12.5. The number of ether oxygens (including phenoxy) is 1. The molecule has 0 bridgehead atoms. The first-order valence-corrected chi connectivity index (χ1v) is 11.4. The van der Waals surface area contributed by atoms with E-state index in [1.807, 2.05) is 51.1 Å². The van der Waals surface area contributed by atoms with E-state index in [2.05, 4.69) is 10.6 Å². The van der Waals surface area contributed by atoms with Gasteiger partial charge in [0.15, 0.2) is 12.4 Å². The molecule has 0 aromatic heterocycles. The van der Waals surface area contributed by atoms with Crippen LogP contribution in [-0.4, -0.2) is 18.4 Å². The zero-order chi connectivity index (χ0) is 25.5. The number of nitrogens with zero attached hydrogens (tertiary/aromatic N) is 1. The lowest BCUT2D eigenvalue weighted by atomic mass is 10.1. The fraction of sp³-hybridized carbons (Fsp3) is 0.148. The van der Waals surface area contributed by atoms with E-state index in [1.165, 1.54) is 18.2 Å². The molecule has 8 heteroatoms. The van der Waals surface area contributed by atoms with Gasteiger partial charge in [-0.05, 0) is 73.9 Å². The lowest BCUT2D eigenvalue weighted by Crippen LogP contribution is -2.20. The number of anilines is 2. The van der Waals surface area contributed by atoms with Crippen LogP contribution in [0.5, 0.6) is 5.75 Å². The summed E-state index contributed by atoms with van der Waals surface area (Å²) in [6, 6.07) is 17.8. The SMILES string of the molecule is Cc1cccc(NC(=O)/C(C#N)=C/c2cc(Cl)c(OCC(=O)Nc3ccc(C)cc3C)c(Cl)c2)c1. The van der Waals surface area contributed by atoms with Crippen LogP contribution in [0.1, 0.15) is 22.3 Å². The molecule has 0 aliphatic heterocycles. The minimum atomic E-state index is -0.561. The summed E-state index contributed by atoms with van der Waals surface area (Å²) in [6.07, 6.45) is 1.37. The van der Waals surface area contributed by atoms with Crippen LogP contribution in [-0.2, 0) is 9.59 Å². The smallest absolute Gasteiger partial charge is 0.266 e. The van der Waals surface area contributed by atoms with Crippen molar-refractivity contribution in [3.63, 3.8) is 0 Å². The van der Waals surface area contributed by atoms with Crippen molar-refractivity contribution in [2.45, 2.75) is 20.8 Å². The zero-order valence-electron chi connectivity index (χ0n) is 19.4. The van der Waals surface area contributed by atoms with E-state index in [4.69, 9.17) is 27.9 Å². The molecule has 0 aliphatic carbocycles. The van der Waals surface area contributed by atoms with Gasteiger partial charge in [-0.25, -0.2) is 0 Å². The van der Waals surface area contributed by atoms with Gasteiger partial charge < -0.3 is 15.4 Å². The Morgan fingerprint density at radius 1 is 0.971 bits per heavy atom. The first kappa shape index (κ1) is 25.8. The summed E-state index contributed by atoms with van der Waals surface area (Å²) in [6.45, 7) is 5.47. The van der Waals surface area contributed by atoms with Crippen LogP contribution in [0.3, 0.4) is 0 Å². The Morgan fingerprint density at radius 2 is 1.66 bits per heavy atom. The van der Waals surface area contributed by atoms with Crippen LogP contribution in [0.15, 0.2) is 60.2 Å². The molecule has 178 valence electrons. The molecule has 35 heavy (non-hydrogen) atoms. The van der Waals surface area contributed by atoms with Crippen molar-refractivity contribution >= 4 is 52.5 Å². The highest BCUT2D eigenvalue weighted by Crippen LogP contribution is 2.35. The molecule has 0 saturated heterocycles. The number of halogens is 2. The quantitative estimate of drug-likeness (QED) is 0.282. The Hall–Kier alpha value is -3.79. The highest BCUT2D eigenvalue weighted by Gasteiger charge is 2.15. The molecule has 0 atom stereocenters. The first-order valence-electron chi connectivity index (χ1n) is 10.6. The molecule has 2 N–H and O–H groups in total. The molecule has 0 heterocycles. The van der Waals surface area contributed by atoms with Crippen molar-refractivity contribution in [2.24, 2.45) is 0 Å². The number of nitrogens with one attached hydrogen (secondary N) is 2. The number of hydrogen-bond donors (Lipinski definition) is 2. The van der Waals surface area contributed by atoms with Crippen LogP contribution in [0.4, 0.5) is 11.4 Å². The van der Waals surface area contributed by atoms with Gasteiger partial charge in [0, 0.05) is 11.4 Å². The number of benzene rings is 3. The van der Waals surface area contributed by atoms with Crippen LogP contribution in [0.25, 0.3) is 6.08 Å². The Balaban J connectivity index is 1.70. The van der Waals surface area contributed by atoms with Gasteiger partial charge in [-0.1, -0.05) is 53.0 Å². The van der Waals surface area contributed by atoms with Crippen molar-refractivity contribution in [3.8, 4) is 11.8 Å². The van der Waals surface area contributed by atoms with Gasteiger partial charge in [0.05, 0.1) is 10.0 Å². The normalized spacial score (nSPS) is 10.9. The van der Waals surface area contributed by atoms with Gasteiger partial charge in [-0.15, -0.1) is 0 Å². The summed E-state index contributed by atoms with van der Waals surface area (Å²) in [5.74, 6) is -0.801. The number of nitriles is 1. The van der Waals surface area contributed by atoms with E-state index in [9.17, 15) is 14.9 Å². The molecule has 0 spiro atoms. The Morgan fingerprint density at radius 3 is 2.29 bits per heavy atom. The van der Waals surface area contributed by atoms with Gasteiger partial charge in [-0.3, -0.25) is 9.59 Å². The molecule has 0 aliphatic rings. The molecule has 3 aromatic rings. The molecule has 0 saturated carbocycles. The first-order chi connectivity index (χ1) is 16.7. The van der Waals surface area contributed by atoms with Crippen molar-refractivity contribution in [1.82, 2.24) is 0 Å². The molecule has 0 radical (unpaired) electrons. The highest BCUT2D eigenvalue weighted by atomic mass is 35.5. The van der Waals surface area contributed by atoms with Crippen LogP contribution >= 0.6 is 23.2 Å². The van der Waals surface area contributed by atoms with Crippen LogP contribution in [0.2, 0.25) is 10.0 Å². The number of rotatable bonds is 7. The van der Waals surface area contributed by atoms with E-state index in [0.717, 1.165) is 16.7 Å². The summed E-state index contributed by atoms with van der Waals surface area (Å²) < 4.78 is 5.55. The second kappa shape index (κ2) is 11.6. The van der Waals surface area contributed by atoms with Gasteiger partial charge in [-0.2, -0.15) is 5.26 Å². The summed E-state index contributed by atoms with van der Waals surface area (Å²) in [7, 11) is 0. The van der Waals surface area contributed by atoms with E-state index in [1.54, 1.807) is 18.2 Å². The Labute approximate surface area is 214 Å². The predicted octanol–water partition coefficient (Wildman–Crippen LogP) is 6.48. The lowest BCUT2D eigenvalue weighted by molar-refractivity contribution is -0.118. The molecular weight excluding hydrogens is 485 g/mol. The topological polar surface area (TPSA) is 91.2 Å². The van der Waals surface area contributed by atoms with Crippen LogP contribution < -0.4 is 15.4 Å². The monoisotopic (exact) mass is 507 g/mol. The molecule has 3 rings (SSSR count). The van der Waals surface area contributed by atoms with Gasteiger partial charge in [0.2, 0.25) is 0 Å². The molecule has 0 fully saturated rings. The summed E-state index contributed by atoms with van der Waals surface area (Å²) >= 11 is 12.6. The average molecular weight is 508 g/mol. The maximum absolute atomic E-state index is 12.5. The zero-order valence-corrected chi connectivity index (χ0v) is 20.9. The third kappa shape index (κ3) is 7.10. The number of hydrogen-bond acceptors (Lipinski definition) is 4. The molecule has 6 nitrogen and oxygen atoms in total. The molecular formula is C27H23Cl2N3O3. The maximum Gasteiger partial charge on any atom is 0.266 e. The second-order valence-electron chi connectivity index (χ2n) is 7.96. The van der Waals surface area contributed by atoms with Gasteiger partial charge in [0.1, 0.15) is 11.6 Å². The number of carbonyl (C=O) groups excluding carboxylic acids is 2. The van der Waals surface area contributed by atoms with Gasteiger partial charge >= 0.3 is 0 Å². The van der Waals surface area contributed by atoms with E-state index in [0.29, 0.717) is 16.9 Å². The number of amides is 2. The number of carbonyl (C=O) groups is 2. The predicted molar refractivity (Wildman–Crippen MR) is 140 cm³/mol. The van der Waals surface area contributed by atoms with E-state index < -0.39 is 5.91 Å². The minimum absolute atomic E-state index is 0.125. The fourth-order valence-corrected chi connectivity index (χ4v) is 3.93. The second-order valence-corrected chi connectivity index (χ2v) is 8.78. The average Bonchev–Trinajstić information content (AvgIpc) is 2.78. The molecule has 3 aromatic carbocycles. The largest absolute Gasteiger partial charge is 0.481 e. The molecule has 0 unspecified atom stereocenters. The van der Waals surface area contributed by atoms with Gasteiger partial charge in [0.25, 0.3) is 11.8 Å². The van der Waals surface area contributed by atoms with Crippen molar-refractivity contribution < 1.29 is 14.3 Å². The summed E-state index contributed by atoms with van der Waals surface area (Å²) in [5.41, 5.74) is 4.58. The highest BCUT2D eigenvalue weighted by molar-refractivity contribution is 6.37. The number of aryl methyl sites for hydroxylation is 3. The third-order valence-electron chi connectivity index (χ3n) is 4.98. The Kier molecular flexibility index (Phi) is 8.53. The van der Waals surface area contributed by atoms with E-state index in [-0.39, 0.29) is 33.9 Å². The summed E-state index contributed by atoms with van der Waals surface area (Å²) in [4.78, 5) is 24.9. The molecule has 2 amide bonds.